The maximum atomic E-state index is 12.7. The van der Waals surface area contributed by atoms with E-state index in [1.807, 2.05) is 12.1 Å². The van der Waals surface area contributed by atoms with E-state index in [0.717, 1.165) is 25.5 Å². The minimum atomic E-state index is -0.193. The molecular formula is C16H4Br4O2. The Balaban J connectivity index is 2.26. The zero-order chi connectivity index (χ0) is 15.8. The molecule has 0 aliphatic heterocycles. The normalized spacial score (nSPS) is 16.9. The van der Waals surface area contributed by atoms with Crippen molar-refractivity contribution in [1.29, 1.82) is 0 Å². The Kier molecular flexibility index (Phi) is 3.39. The van der Waals surface area contributed by atoms with E-state index in [0.29, 0.717) is 16.5 Å². The van der Waals surface area contributed by atoms with Gasteiger partial charge in [0.25, 0.3) is 0 Å². The van der Waals surface area contributed by atoms with E-state index in [1.54, 1.807) is 12.1 Å². The molecule has 2 nitrogen and oxygen atoms in total. The van der Waals surface area contributed by atoms with Crippen molar-refractivity contribution in [3.63, 3.8) is 0 Å². The summed E-state index contributed by atoms with van der Waals surface area (Å²) in [6.07, 6.45) is 0. The van der Waals surface area contributed by atoms with Crippen molar-refractivity contribution in [3.05, 3.63) is 55.5 Å². The van der Waals surface area contributed by atoms with E-state index in [9.17, 15) is 9.59 Å². The van der Waals surface area contributed by atoms with E-state index in [-0.39, 0.29) is 20.5 Å². The average Bonchev–Trinajstić information content (AvgIpc) is 2.75. The quantitative estimate of drug-likeness (QED) is 0.397. The summed E-state index contributed by atoms with van der Waals surface area (Å²) in [7, 11) is 0. The van der Waals surface area contributed by atoms with Crippen molar-refractivity contribution in [3.8, 4) is 0 Å². The van der Waals surface area contributed by atoms with Crippen LogP contribution in [-0.4, -0.2) is 11.6 Å². The van der Waals surface area contributed by atoms with Gasteiger partial charge in [0.2, 0.25) is 11.6 Å². The van der Waals surface area contributed by atoms with Crippen LogP contribution in [0.3, 0.4) is 0 Å². The average molecular weight is 548 g/mol. The number of ketones is 2. The number of Topliss-reactive ketones (excluding diaryl/α,β-unsaturated/α-hetero) is 2. The van der Waals surface area contributed by atoms with Crippen LogP contribution in [0.4, 0.5) is 0 Å². The van der Waals surface area contributed by atoms with Crippen LogP contribution < -0.4 is 0 Å². The predicted octanol–water partition coefficient (Wildman–Crippen LogP) is 6.15. The van der Waals surface area contributed by atoms with Gasteiger partial charge in [-0.25, -0.2) is 0 Å². The number of halogens is 4. The second-order valence-corrected chi connectivity index (χ2v) is 8.16. The maximum absolute atomic E-state index is 12.7. The number of hydrogen-bond acceptors (Lipinski definition) is 2. The predicted molar refractivity (Wildman–Crippen MR) is 102 cm³/mol. The third-order valence-corrected chi connectivity index (χ3v) is 8.13. The minimum absolute atomic E-state index is 0.193. The SMILES string of the molecule is O=C1C(Br)=C(Br)C(=O)c2ccc3c4c(ccc1c24)C(Br)=C3Br. The first-order valence-electron chi connectivity index (χ1n) is 6.24. The number of rotatable bonds is 0. The fraction of sp³-hybridized carbons (Fsp3) is 0. The summed E-state index contributed by atoms with van der Waals surface area (Å²) in [4.78, 5) is 25.3. The molecule has 0 spiro atoms. The number of allylic oxidation sites excluding steroid dienone is 2. The summed E-state index contributed by atoms with van der Waals surface area (Å²) in [5, 5.41) is 1.64. The maximum Gasteiger partial charge on any atom is 0.201 e. The molecule has 2 aliphatic rings. The van der Waals surface area contributed by atoms with Gasteiger partial charge in [-0.3, -0.25) is 9.59 Å². The molecule has 0 amide bonds. The molecule has 4 rings (SSSR count). The highest BCUT2D eigenvalue weighted by molar-refractivity contribution is 9.18. The Morgan fingerprint density at radius 2 is 0.818 bits per heavy atom. The van der Waals surface area contributed by atoms with E-state index in [2.05, 4.69) is 63.7 Å². The molecule has 0 saturated heterocycles. The smallest absolute Gasteiger partial charge is 0.201 e. The Bertz CT molecular complexity index is 924. The Labute approximate surface area is 159 Å². The summed E-state index contributed by atoms with van der Waals surface area (Å²) in [6.45, 7) is 0. The van der Waals surface area contributed by atoms with Gasteiger partial charge >= 0.3 is 0 Å². The second kappa shape index (κ2) is 4.97. The van der Waals surface area contributed by atoms with Crippen LogP contribution in [0.2, 0.25) is 0 Å². The van der Waals surface area contributed by atoms with E-state index >= 15 is 0 Å². The summed E-state index contributed by atoms with van der Waals surface area (Å²) in [5.41, 5.74) is 3.04. The first kappa shape index (κ1) is 15.0. The molecule has 0 unspecified atom stereocenters. The van der Waals surface area contributed by atoms with Crippen molar-refractivity contribution < 1.29 is 9.59 Å². The molecule has 0 heterocycles. The second-order valence-electron chi connectivity index (χ2n) is 4.99. The highest BCUT2D eigenvalue weighted by Crippen LogP contribution is 2.50. The zero-order valence-corrected chi connectivity index (χ0v) is 17.0. The standard InChI is InChI=1S/C16H4Br4O2/c17-11-5-1-3-7-10-8(4-2-6(9(5)10)12(11)18)16(22)14(20)13(19)15(7)21/h1-4H. The summed E-state index contributed by atoms with van der Waals surface area (Å²) < 4.78 is 2.38. The van der Waals surface area contributed by atoms with Crippen LogP contribution in [0.5, 0.6) is 0 Å². The molecule has 22 heavy (non-hydrogen) atoms. The molecule has 2 aliphatic carbocycles. The molecule has 6 heteroatoms. The van der Waals surface area contributed by atoms with Gasteiger partial charge in [0, 0.05) is 25.5 Å². The lowest BCUT2D eigenvalue weighted by molar-refractivity contribution is 0.102. The molecule has 108 valence electrons. The Morgan fingerprint density at radius 1 is 0.500 bits per heavy atom. The largest absolute Gasteiger partial charge is 0.288 e. The van der Waals surface area contributed by atoms with E-state index in [1.165, 1.54) is 0 Å². The van der Waals surface area contributed by atoms with Crippen LogP contribution in [0.25, 0.3) is 19.7 Å². The summed E-state index contributed by atoms with van der Waals surface area (Å²) >= 11 is 13.6. The number of carbonyl (C=O) groups is 2. The van der Waals surface area contributed by atoms with Gasteiger partial charge in [-0.15, -0.1) is 0 Å². The van der Waals surface area contributed by atoms with Crippen molar-refractivity contribution in [1.82, 2.24) is 0 Å². The fourth-order valence-electron chi connectivity index (χ4n) is 2.91. The highest BCUT2D eigenvalue weighted by atomic mass is 79.9. The molecule has 0 radical (unpaired) electrons. The molecular weight excluding hydrogens is 544 g/mol. The molecule has 2 aromatic carbocycles. The number of carbonyl (C=O) groups excluding carboxylic acids is 2. The lowest BCUT2D eigenvalue weighted by Gasteiger charge is -2.10. The Morgan fingerprint density at radius 3 is 1.23 bits per heavy atom. The molecule has 0 N–H and O–H groups in total. The summed E-state index contributed by atoms with van der Waals surface area (Å²) in [5.74, 6) is -0.386. The first-order chi connectivity index (χ1) is 10.4. The van der Waals surface area contributed by atoms with Gasteiger partial charge in [0.1, 0.15) is 0 Å². The molecule has 0 bridgehead atoms. The van der Waals surface area contributed by atoms with Crippen LogP contribution in [0, 0.1) is 0 Å². The van der Waals surface area contributed by atoms with Gasteiger partial charge in [0.05, 0.1) is 8.96 Å². The third-order valence-electron chi connectivity index (χ3n) is 3.91. The molecule has 0 atom stereocenters. The fourth-order valence-corrected chi connectivity index (χ4v) is 4.79. The topological polar surface area (TPSA) is 34.1 Å². The molecule has 2 aromatic rings. The van der Waals surface area contributed by atoms with E-state index < -0.39 is 0 Å². The van der Waals surface area contributed by atoms with Crippen LogP contribution in [0.15, 0.2) is 33.2 Å². The Hall–Kier alpha value is -0.560. The number of benzene rings is 2. The number of hydrogen-bond donors (Lipinski definition) is 0. The van der Waals surface area contributed by atoms with Crippen molar-refractivity contribution in [2.45, 2.75) is 0 Å². The van der Waals surface area contributed by atoms with E-state index in [4.69, 9.17) is 0 Å². The third kappa shape index (κ3) is 1.75. The molecule has 0 saturated carbocycles. The highest BCUT2D eigenvalue weighted by Gasteiger charge is 2.32. The first-order valence-corrected chi connectivity index (χ1v) is 9.41. The van der Waals surface area contributed by atoms with Crippen molar-refractivity contribution >= 4 is 95.0 Å². The molecule has 0 fully saturated rings. The lowest BCUT2D eigenvalue weighted by Crippen LogP contribution is -2.00. The monoisotopic (exact) mass is 544 g/mol. The van der Waals surface area contributed by atoms with Gasteiger partial charge < -0.3 is 0 Å². The van der Waals surface area contributed by atoms with Crippen molar-refractivity contribution in [2.75, 3.05) is 0 Å². The molecule has 0 aromatic heterocycles. The van der Waals surface area contributed by atoms with Crippen LogP contribution >= 0.6 is 63.7 Å². The van der Waals surface area contributed by atoms with Gasteiger partial charge in [0.15, 0.2) is 0 Å². The van der Waals surface area contributed by atoms with Crippen LogP contribution in [0.1, 0.15) is 31.8 Å². The minimum Gasteiger partial charge on any atom is -0.288 e. The summed E-state index contributed by atoms with van der Waals surface area (Å²) in [6, 6.07) is 7.37. The van der Waals surface area contributed by atoms with Gasteiger partial charge in [-0.1, -0.05) is 12.1 Å². The lowest BCUT2D eigenvalue weighted by atomic mass is 9.93. The zero-order valence-electron chi connectivity index (χ0n) is 10.6. The van der Waals surface area contributed by atoms with Gasteiger partial charge in [-0.2, -0.15) is 0 Å². The van der Waals surface area contributed by atoms with Gasteiger partial charge in [-0.05, 0) is 92.4 Å². The van der Waals surface area contributed by atoms with Crippen LogP contribution in [-0.2, 0) is 0 Å². The van der Waals surface area contributed by atoms with Crippen molar-refractivity contribution in [2.24, 2.45) is 0 Å².